The van der Waals surface area contributed by atoms with Gasteiger partial charge in [-0.1, -0.05) is 12.1 Å². The van der Waals surface area contributed by atoms with Gasteiger partial charge in [-0.2, -0.15) is 13.2 Å². The van der Waals surface area contributed by atoms with Crippen LogP contribution in [0, 0.1) is 12.3 Å². The summed E-state index contributed by atoms with van der Waals surface area (Å²) in [7, 11) is -2.99. The molecule has 1 aliphatic heterocycles. The van der Waals surface area contributed by atoms with Gasteiger partial charge in [0.1, 0.15) is 5.82 Å². The molecule has 1 spiro atoms. The fourth-order valence-electron chi connectivity index (χ4n) is 5.95. The van der Waals surface area contributed by atoms with E-state index in [9.17, 15) is 26.7 Å². The first-order valence-electron chi connectivity index (χ1n) is 13.1. The summed E-state index contributed by atoms with van der Waals surface area (Å²) in [6, 6.07) is 2.09. The Morgan fingerprint density at radius 2 is 1.77 bits per heavy atom. The quantitative estimate of drug-likeness (QED) is 0.488. The minimum absolute atomic E-state index is 0.0291. The fourth-order valence-corrected chi connectivity index (χ4v) is 8.31. The first-order valence-corrected chi connectivity index (χ1v) is 15.0. The third kappa shape index (κ3) is 5.58. The number of benzene rings is 1. The number of nitrogens with two attached hydrogens (primary N) is 3. The number of halogens is 3. The van der Waals surface area contributed by atoms with Crippen LogP contribution in [-0.2, 0) is 16.0 Å². The van der Waals surface area contributed by atoms with Gasteiger partial charge >= 0.3 is 6.18 Å². The van der Waals surface area contributed by atoms with Gasteiger partial charge in [0.05, 0.1) is 40.2 Å². The van der Waals surface area contributed by atoms with Crippen molar-refractivity contribution in [2.45, 2.75) is 77.2 Å². The number of aromatic nitrogens is 2. The molecule has 1 aliphatic carbocycles. The van der Waals surface area contributed by atoms with Crippen LogP contribution in [0.3, 0.4) is 0 Å². The Morgan fingerprint density at radius 1 is 1.18 bits per heavy atom. The van der Waals surface area contributed by atoms with Gasteiger partial charge in [-0.05, 0) is 82.1 Å². The molecule has 2 fully saturated rings. The number of anilines is 1. The zero-order chi connectivity index (χ0) is 29.8. The maximum Gasteiger partial charge on any atom is 0.416 e. The smallest absolute Gasteiger partial charge is 0.416 e. The summed E-state index contributed by atoms with van der Waals surface area (Å²) in [4.78, 5) is 8.67. The van der Waals surface area contributed by atoms with Gasteiger partial charge in [0.25, 0.3) is 0 Å². The van der Waals surface area contributed by atoms with Crippen molar-refractivity contribution in [3.63, 3.8) is 0 Å². The van der Waals surface area contributed by atoms with Crippen LogP contribution in [0.25, 0.3) is 6.08 Å². The molecule has 2 aromatic rings. The fraction of sp³-hybridized carbons (Fsp3) is 0.556. The van der Waals surface area contributed by atoms with E-state index in [1.165, 1.54) is 17.6 Å². The lowest BCUT2D eigenvalue weighted by Crippen LogP contribution is -2.57. The van der Waals surface area contributed by atoms with Gasteiger partial charge in [0, 0.05) is 11.7 Å². The van der Waals surface area contributed by atoms with Gasteiger partial charge < -0.3 is 26.9 Å². The van der Waals surface area contributed by atoms with Crippen LogP contribution < -0.4 is 27.8 Å². The second-order valence-corrected chi connectivity index (χ2v) is 13.7. The molecule has 0 amide bonds. The standard InChI is InChI=1S/C27H37F3N6O3S/c1-15(2)36-22(32)19(12-21(31)26(33)10-8-25(9-11-26)13-40(38,39)14-25)23(35-24(36)37)34-17(4)18-6-5-7-20(16(18)3)27(28,29)30/h5-7,12,15,17H,8-11,13-14,31-33H2,1-4H3,(H,34,35,37)/p-1/b21-12-/t17-/m1/s1. The molecule has 13 heteroatoms. The Morgan fingerprint density at radius 3 is 2.30 bits per heavy atom. The van der Waals surface area contributed by atoms with Crippen LogP contribution >= 0.6 is 0 Å². The van der Waals surface area contributed by atoms with Crippen LogP contribution in [0.2, 0.25) is 0 Å². The highest BCUT2D eigenvalue weighted by atomic mass is 32.2. The summed E-state index contributed by atoms with van der Waals surface area (Å²) < 4.78 is 65.4. The topological polar surface area (TPSA) is 165 Å². The van der Waals surface area contributed by atoms with E-state index in [0.717, 1.165) is 6.07 Å². The summed E-state index contributed by atoms with van der Waals surface area (Å²) in [5.41, 5.74) is 18.6. The number of sulfone groups is 1. The highest BCUT2D eigenvalue weighted by molar-refractivity contribution is 7.92. The van der Waals surface area contributed by atoms with Gasteiger partial charge in [-0.25, -0.2) is 13.4 Å². The van der Waals surface area contributed by atoms with E-state index in [2.05, 4.69) is 9.98 Å². The summed E-state index contributed by atoms with van der Waals surface area (Å²) in [6.07, 6.45) is -0.831. The van der Waals surface area contributed by atoms with Crippen molar-refractivity contribution in [2.24, 2.45) is 21.9 Å². The maximum atomic E-state index is 13.5. The summed E-state index contributed by atoms with van der Waals surface area (Å²) in [5.74, 6) is 0.378. The maximum absolute atomic E-state index is 13.5. The SMILES string of the molecule is Cc1c([C@@H](C)N=c2nc([O-])n(C(C)C)c(N)c2/C=C(\N)C2(N)CCC3(CC2)CS(=O)(=O)C3)cccc1C(F)(F)F. The van der Waals surface area contributed by atoms with Gasteiger partial charge in [0.15, 0.2) is 15.3 Å². The van der Waals surface area contributed by atoms with E-state index in [-0.39, 0.29) is 51.1 Å². The van der Waals surface area contributed by atoms with E-state index in [4.69, 9.17) is 17.2 Å². The third-order valence-electron chi connectivity index (χ3n) is 8.28. The number of alkyl halides is 3. The molecule has 1 saturated carbocycles. The molecule has 2 heterocycles. The second-order valence-electron chi connectivity index (χ2n) is 11.6. The van der Waals surface area contributed by atoms with E-state index >= 15 is 0 Å². The molecule has 0 bridgehead atoms. The highest BCUT2D eigenvalue weighted by Gasteiger charge is 2.52. The first kappa shape index (κ1) is 29.9. The normalized spacial score (nSPS) is 21.4. The van der Waals surface area contributed by atoms with Crippen molar-refractivity contribution in [1.82, 2.24) is 9.55 Å². The Kier molecular flexibility index (Phi) is 7.55. The molecule has 1 aromatic heterocycles. The van der Waals surface area contributed by atoms with E-state index < -0.39 is 39.2 Å². The van der Waals surface area contributed by atoms with Crippen molar-refractivity contribution >= 4 is 21.7 Å². The third-order valence-corrected chi connectivity index (χ3v) is 10.4. The molecular formula is C27H36F3N6O3S-. The largest absolute Gasteiger partial charge is 0.846 e. The minimum Gasteiger partial charge on any atom is -0.846 e. The van der Waals surface area contributed by atoms with Crippen molar-refractivity contribution in [3.8, 4) is 6.01 Å². The number of hydrogen-bond acceptors (Lipinski definition) is 8. The Hall–Kier alpha value is -3.06. The number of nitrogen functional groups attached to an aromatic ring is 1. The monoisotopic (exact) mass is 581 g/mol. The molecule has 1 atom stereocenters. The average molecular weight is 582 g/mol. The van der Waals surface area contributed by atoms with Crippen molar-refractivity contribution in [3.05, 3.63) is 51.6 Å². The van der Waals surface area contributed by atoms with Gasteiger partial charge in [-0.15, -0.1) is 0 Å². The first-order chi connectivity index (χ1) is 18.4. The summed E-state index contributed by atoms with van der Waals surface area (Å²) in [5, 5.41) is 12.9. The summed E-state index contributed by atoms with van der Waals surface area (Å²) >= 11 is 0. The number of hydrogen-bond donors (Lipinski definition) is 3. The van der Waals surface area contributed by atoms with Crippen molar-refractivity contribution < 1.29 is 26.7 Å². The Balaban J connectivity index is 1.78. The van der Waals surface area contributed by atoms with Crippen LogP contribution in [0.5, 0.6) is 6.01 Å². The molecule has 1 aromatic carbocycles. The lowest BCUT2D eigenvalue weighted by Gasteiger charge is -2.49. The predicted molar refractivity (Wildman–Crippen MR) is 145 cm³/mol. The molecule has 6 N–H and O–H groups in total. The Bertz CT molecular complexity index is 1510. The van der Waals surface area contributed by atoms with Crippen LogP contribution in [-0.4, -0.2) is 35.0 Å². The van der Waals surface area contributed by atoms with E-state index in [1.54, 1.807) is 32.9 Å². The number of rotatable bonds is 5. The molecular weight excluding hydrogens is 545 g/mol. The zero-order valence-electron chi connectivity index (χ0n) is 23.0. The summed E-state index contributed by atoms with van der Waals surface area (Å²) in [6.45, 7) is 6.52. The van der Waals surface area contributed by atoms with Gasteiger partial charge in [0.2, 0.25) is 0 Å². The van der Waals surface area contributed by atoms with Crippen LogP contribution in [0.1, 0.15) is 80.8 Å². The van der Waals surface area contributed by atoms with Crippen LogP contribution in [0.15, 0.2) is 28.9 Å². The Labute approximate surface area is 231 Å². The van der Waals surface area contributed by atoms with Gasteiger partial charge in [-0.3, -0.25) is 4.99 Å². The molecule has 0 radical (unpaired) electrons. The van der Waals surface area contributed by atoms with Crippen molar-refractivity contribution in [2.75, 3.05) is 17.2 Å². The minimum atomic E-state index is -4.53. The average Bonchev–Trinajstić information content (AvgIpc) is 2.81. The molecule has 0 unspecified atom stereocenters. The molecule has 4 rings (SSSR count). The second kappa shape index (κ2) is 10.1. The molecule has 2 aliphatic rings. The highest BCUT2D eigenvalue weighted by Crippen LogP contribution is 2.49. The number of nitrogens with zero attached hydrogens (tertiary/aromatic N) is 3. The molecule has 40 heavy (non-hydrogen) atoms. The van der Waals surface area contributed by atoms with E-state index in [0.29, 0.717) is 31.2 Å². The van der Waals surface area contributed by atoms with E-state index in [1.807, 2.05) is 0 Å². The molecule has 220 valence electrons. The lowest BCUT2D eigenvalue weighted by atomic mass is 9.68. The molecule has 1 saturated heterocycles. The molecule has 9 nitrogen and oxygen atoms in total. The lowest BCUT2D eigenvalue weighted by molar-refractivity contribution is -0.287. The van der Waals surface area contributed by atoms with Crippen molar-refractivity contribution in [1.29, 1.82) is 0 Å². The zero-order valence-corrected chi connectivity index (χ0v) is 23.9. The predicted octanol–water partition coefficient (Wildman–Crippen LogP) is 3.09. The van der Waals surface area contributed by atoms with Crippen LogP contribution in [0.4, 0.5) is 19.0 Å².